The third kappa shape index (κ3) is 2.41. The van der Waals surface area contributed by atoms with Gasteiger partial charge in [0.1, 0.15) is 0 Å². The Labute approximate surface area is 100.0 Å². The fourth-order valence-electron chi connectivity index (χ4n) is 3.18. The van der Waals surface area contributed by atoms with Gasteiger partial charge >= 0.3 is 0 Å². The summed E-state index contributed by atoms with van der Waals surface area (Å²) in [6.07, 6.45) is 5.50. The van der Waals surface area contributed by atoms with E-state index in [1.807, 2.05) is 0 Å². The van der Waals surface area contributed by atoms with E-state index in [4.69, 9.17) is 5.73 Å². The topological polar surface area (TPSA) is 32.5 Å². The Morgan fingerprint density at radius 2 is 2.06 bits per heavy atom. The highest BCUT2D eigenvalue weighted by Gasteiger charge is 2.34. The predicted molar refractivity (Wildman–Crippen MR) is 68.5 cm³/mol. The van der Waals surface area contributed by atoms with Crippen LogP contribution in [-0.4, -0.2) is 55.1 Å². The van der Waals surface area contributed by atoms with E-state index in [1.165, 1.54) is 45.3 Å². The van der Waals surface area contributed by atoms with Crippen molar-refractivity contribution in [2.24, 2.45) is 11.7 Å². The molecule has 1 saturated carbocycles. The Hall–Kier alpha value is -0.120. The Bertz CT molecular complexity index is 215. The fourth-order valence-corrected chi connectivity index (χ4v) is 3.18. The van der Waals surface area contributed by atoms with Gasteiger partial charge in [0.05, 0.1) is 0 Å². The summed E-state index contributed by atoms with van der Waals surface area (Å²) in [6.45, 7) is 6.80. The van der Waals surface area contributed by atoms with Crippen LogP contribution in [0, 0.1) is 5.92 Å². The van der Waals surface area contributed by atoms with Crippen molar-refractivity contribution in [2.75, 3.05) is 33.2 Å². The van der Waals surface area contributed by atoms with Crippen molar-refractivity contribution in [3.05, 3.63) is 0 Å². The summed E-state index contributed by atoms with van der Waals surface area (Å²) in [5.41, 5.74) is 5.98. The molecule has 1 aliphatic carbocycles. The monoisotopic (exact) mass is 225 g/mol. The first-order valence-electron chi connectivity index (χ1n) is 6.90. The third-order valence-electron chi connectivity index (χ3n) is 4.68. The van der Waals surface area contributed by atoms with Gasteiger partial charge in [0.2, 0.25) is 0 Å². The maximum atomic E-state index is 5.98. The van der Waals surface area contributed by atoms with Crippen LogP contribution in [0.15, 0.2) is 0 Å². The van der Waals surface area contributed by atoms with Crippen molar-refractivity contribution in [1.29, 1.82) is 0 Å². The van der Waals surface area contributed by atoms with E-state index in [2.05, 4.69) is 23.8 Å². The first-order chi connectivity index (χ1) is 7.76. The second-order valence-corrected chi connectivity index (χ2v) is 5.53. The second kappa shape index (κ2) is 5.48. The van der Waals surface area contributed by atoms with E-state index in [0.717, 1.165) is 18.5 Å². The molecule has 0 aromatic heterocycles. The lowest BCUT2D eigenvalue weighted by molar-refractivity contribution is 0.0268. The summed E-state index contributed by atoms with van der Waals surface area (Å²) < 4.78 is 0. The molecule has 0 spiro atoms. The van der Waals surface area contributed by atoms with Gasteiger partial charge in [-0.2, -0.15) is 0 Å². The average molecular weight is 225 g/mol. The first kappa shape index (κ1) is 12.3. The largest absolute Gasteiger partial charge is 0.329 e. The molecule has 0 radical (unpaired) electrons. The standard InChI is InChI=1S/C13H27N3/c1-3-12-10-16(8-7-15(12)2)13(9-14)11-5-4-6-11/h11-13H,3-10,14H2,1-2H3. The summed E-state index contributed by atoms with van der Waals surface area (Å²) in [5, 5.41) is 0. The summed E-state index contributed by atoms with van der Waals surface area (Å²) in [5.74, 6) is 0.894. The maximum Gasteiger partial charge on any atom is 0.0247 e. The van der Waals surface area contributed by atoms with Crippen molar-refractivity contribution in [2.45, 2.75) is 44.7 Å². The molecule has 2 fully saturated rings. The SMILES string of the molecule is CCC1CN(C(CN)C2CCC2)CCN1C. The van der Waals surface area contributed by atoms with Crippen molar-refractivity contribution in [1.82, 2.24) is 9.80 Å². The van der Waals surface area contributed by atoms with E-state index >= 15 is 0 Å². The highest BCUT2D eigenvalue weighted by molar-refractivity contribution is 4.90. The quantitative estimate of drug-likeness (QED) is 0.779. The number of piperazine rings is 1. The Morgan fingerprint density at radius 1 is 1.31 bits per heavy atom. The van der Waals surface area contributed by atoms with Crippen molar-refractivity contribution in [3.8, 4) is 0 Å². The molecule has 1 saturated heterocycles. The Morgan fingerprint density at radius 3 is 2.56 bits per heavy atom. The number of likely N-dealkylation sites (N-methyl/N-ethyl adjacent to an activating group) is 1. The van der Waals surface area contributed by atoms with Crippen molar-refractivity contribution >= 4 is 0 Å². The predicted octanol–water partition coefficient (Wildman–Crippen LogP) is 1.14. The minimum Gasteiger partial charge on any atom is -0.329 e. The highest BCUT2D eigenvalue weighted by Crippen LogP contribution is 2.32. The molecule has 0 aromatic carbocycles. The van der Waals surface area contributed by atoms with Crippen LogP contribution in [0.4, 0.5) is 0 Å². The molecular formula is C13H27N3. The van der Waals surface area contributed by atoms with Gasteiger partial charge in [0, 0.05) is 38.3 Å². The Balaban J connectivity index is 1.92. The molecule has 1 heterocycles. The fraction of sp³-hybridized carbons (Fsp3) is 1.00. The zero-order valence-corrected chi connectivity index (χ0v) is 10.9. The van der Waals surface area contributed by atoms with Crippen LogP contribution in [0.3, 0.4) is 0 Å². The van der Waals surface area contributed by atoms with Gasteiger partial charge in [-0.1, -0.05) is 13.3 Å². The van der Waals surface area contributed by atoms with Gasteiger partial charge in [-0.25, -0.2) is 0 Å². The maximum absolute atomic E-state index is 5.98. The molecule has 1 aliphatic heterocycles. The number of hydrogen-bond donors (Lipinski definition) is 1. The van der Waals surface area contributed by atoms with Crippen LogP contribution in [0.2, 0.25) is 0 Å². The number of nitrogens with two attached hydrogens (primary N) is 1. The molecule has 16 heavy (non-hydrogen) atoms. The van der Waals surface area contributed by atoms with E-state index in [0.29, 0.717) is 6.04 Å². The lowest BCUT2D eigenvalue weighted by Gasteiger charge is -2.47. The molecule has 0 amide bonds. The van der Waals surface area contributed by atoms with Crippen LogP contribution in [0.25, 0.3) is 0 Å². The molecule has 0 bridgehead atoms. The van der Waals surface area contributed by atoms with E-state index < -0.39 is 0 Å². The van der Waals surface area contributed by atoms with Crippen molar-refractivity contribution in [3.63, 3.8) is 0 Å². The molecule has 2 unspecified atom stereocenters. The van der Waals surface area contributed by atoms with E-state index in [-0.39, 0.29) is 0 Å². The number of hydrogen-bond acceptors (Lipinski definition) is 3. The minimum atomic E-state index is 0.663. The van der Waals surface area contributed by atoms with Gasteiger partial charge in [0.15, 0.2) is 0 Å². The molecule has 3 heteroatoms. The molecule has 0 aromatic rings. The molecule has 2 aliphatic rings. The number of nitrogens with zero attached hydrogens (tertiary/aromatic N) is 2. The van der Waals surface area contributed by atoms with Gasteiger partial charge in [-0.15, -0.1) is 0 Å². The molecule has 3 nitrogen and oxygen atoms in total. The van der Waals surface area contributed by atoms with Gasteiger partial charge in [-0.05, 0) is 32.2 Å². The highest BCUT2D eigenvalue weighted by atomic mass is 15.3. The second-order valence-electron chi connectivity index (χ2n) is 5.53. The van der Waals surface area contributed by atoms with Crippen LogP contribution in [-0.2, 0) is 0 Å². The van der Waals surface area contributed by atoms with Crippen LogP contribution < -0.4 is 5.73 Å². The molecular weight excluding hydrogens is 198 g/mol. The molecule has 2 atom stereocenters. The van der Waals surface area contributed by atoms with Crippen molar-refractivity contribution < 1.29 is 0 Å². The zero-order valence-electron chi connectivity index (χ0n) is 10.9. The Kier molecular flexibility index (Phi) is 4.22. The van der Waals surface area contributed by atoms with E-state index in [9.17, 15) is 0 Å². The summed E-state index contributed by atoms with van der Waals surface area (Å²) in [4.78, 5) is 5.17. The lowest BCUT2D eigenvalue weighted by atomic mass is 9.78. The van der Waals surface area contributed by atoms with Crippen LogP contribution in [0.5, 0.6) is 0 Å². The van der Waals surface area contributed by atoms with Gasteiger partial charge < -0.3 is 10.6 Å². The smallest absolute Gasteiger partial charge is 0.0247 e. The van der Waals surface area contributed by atoms with E-state index in [1.54, 1.807) is 0 Å². The molecule has 94 valence electrons. The number of rotatable bonds is 4. The minimum absolute atomic E-state index is 0.663. The van der Waals surface area contributed by atoms with Crippen LogP contribution in [0.1, 0.15) is 32.6 Å². The normalized spacial score (nSPS) is 31.3. The average Bonchev–Trinajstić information content (AvgIpc) is 2.24. The molecule has 2 rings (SSSR count). The summed E-state index contributed by atoms with van der Waals surface area (Å²) in [7, 11) is 2.26. The first-order valence-corrected chi connectivity index (χ1v) is 6.90. The lowest BCUT2D eigenvalue weighted by Crippen LogP contribution is -2.58. The zero-order chi connectivity index (χ0) is 11.5. The summed E-state index contributed by atoms with van der Waals surface area (Å²) in [6, 6.07) is 1.40. The van der Waals surface area contributed by atoms with Gasteiger partial charge in [0.25, 0.3) is 0 Å². The van der Waals surface area contributed by atoms with Crippen LogP contribution >= 0.6 is 0 Å². The third-order valence-corrected chi connectivity index (χ3v) is 4.68. The van der Waals surface area contributed by atoms with Gasteiger partial charge in [-0.3, -0.25) is 4.90 Å². The molecule has 2 N–H and O–H groups in total. The summed E-state index contributed by atoms with van der Waals surface area (Å²) >= 11 is 0.